The summed E-state index contributed by atoms with van der Waals surface area (Å²) in [6.07, 6.45) is 0. The first kappa shape index (κ1) is 17.9. The van der Waals surface area contributed by atoms with Gasteiger partial charge in [0, 0.05) is 11.3 Å². The Kier molecular flexibility index (Phi) is 4.43. The molecule has 4 aromatic rings. The maximum Gasteiger partial charge on any atom is 0.255 e. The number of hydrogen-bond donors (Lipinski definition) is 1. The molecule has 1 aromatic heterocycles. The van der Waals surface area contributed by atoms with Gasteiger partial charge in [0.25, 0.3) is 5.91 Å². The van der Waals surface area contributed by atoms with Crippen molar-refractivity contribution in [2.45, 2.75) is 27.7 Å². The molecular weight excluding hydrogens is 348 g/mol. The van der Waals surface area contributed by atoms with E-state index in [0.717, 1.165) is 39.1 Å². The van der Waals surface area contributed by atoms with E-state index in [1.165, 1.54) is 5.56 Å². The van der Waals surface area contributed by atoms with Crippen molar-refractivity contribution >= 4 is 22.6 Å². The fraction of sp³-hybridized carbons (Fsp3) is 0.174. The molecule has 3 aromatic carbocycles. The molecule has 4 rings (SSSR count). The fourth-order valence-corrected chi connectivity index (χ4v) is 3.25. The SMILES string of the molecule is Cc1ccc(-n2nc3cc(C)c(NC(=O)c4ccc(C)cc4C)cc3n2)cc1. The molecule has 28 heavy (non-hydrogen) atoms. The molecule has 0 bridgehead atoms. The molecule has 0 fully saturated rings. The van der Waals surface area contributed by atoms with Gasteiger partial charge in [0.2, 0.25) is 0 Å². The van der Waals surface area contributed by atoms with Crippen molar-refractivity contribution in [2.24, 2.45) is 0 Å². The predicted octanol–water partition coefficient (Wildman–Crippen LogP) is 4.91. The normalized spacial score (nSPS) is 11.0. The van der Waals surface area contributed by atoms with E-state index in [2.05, 4.69) is 15.5 Å². The summed E-state index contributed by atoms with van der Waals surface area (Å²) in [4.78, 5) is 14.4. The lowest BCUT2D eigenvalue weighted by atomic mass is 10.0. The van der Waals surface area contributed by atoms with Gasteiger partial charge >= 0.3 is 0 Å². The van der Waals surface area contributed by atoms with Crippen LogP contribution >= 0.6 is 0 Å². The van der Waals surface area contributed by atoms with E-state index in [0.29, 0.717) is 5.56 Å². The highest BCUT2D eigenvalue weighted by atomic mass is 16.1. The Hall–Kier alpha value is -3.47. The Morgan fingerprint density at radius 2 is 1.43 bits per heavy atom. The van der Waals surface area contributed by atoms with Crippen LogP contribution in [0.25, 0.3) is 16.7 Å². The predicted molar refractivity (Wildman–Crippen MR) is 112 cm³/mol. The zero-order chi connectivity index (χ0) is 19.8. The minimum atomic E-state index is -0.120. The van der Waals surface area contributed by atoms with Gasteiger partial charge in [0.15, 0.2) is 0 Å². The minimum Gasteiger partial charge on any atom is -0.322 e. The molecule has 0 spiro atoms. The second-order valence-corrected chi connectivity index (χ2v) is 7.25. The molecule has 0 aliphatic rings. The Morgan fingerprint density at radius 3 is 2.11 bits per heavy atom. The number of aromatic nitrogens is 3. The van der Waals surface area contributed by atoms with Crippen molar-refractivity contribution in [1.82, 2.24) is 15.0 Å². The first-order valence-corrected chi connectivity index (χ1v) is 9.24. The molecule has 0 unspecified atom stereocenters. The zero-order valence-electron chi connectivity index (χ0n) is 16.4. The Labute approximate surface area is 164 Å². The highest BCUT2D eigenvalue weighted by Crippen LogP contribution is 2.23. The lowest BCUT2D eigenvalue weighted by Crippen LogP contribution is -2.14. The number of nitrogens with zero attached hydrogens (tertiary/aromatic N) is 3. The van der Waals surface area contributed by atoms with Crippen LogP contribution in [0.4, 0.5) is 5.69 Å². The van der Waals surface area contributed by atoms with Crippen molar-refractivity contribution in [2.75, 3.05) is 5.32 Å². The van der Waals surface area contributed by atoms with Gasteiger partial charge in [-0.1, -0.05) is 35.4 Å². The van der Waals surface area contributed by atoms with Gasteiger partial charge in [0.05, 0.1) is 5.69 Å². The Balaban J connectivity index is 1.67. The van der Waals surface area contributed by atoms with Crippen LogP contribution in [0.15, 0.2) is 54.6 Å². The number of rotatable bonds is 3. The number of amides is 1. The number of carbonyl (C=O) groups is 1. The third-order valence-corrected chi connectivity index (χ3v) is 4.87. The Bertz CT molecular complexity index is 1190. The van der Waals surface area contributed by atoms with E-state index in [1.54, 1.807) is 4.80 Å². The number of benzene rings is 3. The van der Waals surface area contributed by atoms with Crippen molar-refractivity contribution in [1.29, 1.82) is 0 Å². The second kappa shape index (κ2) is 6.93. The quantitative estimate of drug-likeness (QED) is 0.558. The largest absolute Gasteiger partial charge is 0.322 e. The molecule has 1 heterocycles. The van der Waals surface area contributed by atoms with E-state index in [9.17, 15) is 4.79 Å². The van der Waals surface area contributed by atoms with Crippen LogP contribution in [0.5, 0.6) is 0 Å². The summed E-state index contributed by atoms with van der Waals surface area (Å²) in [5, 5.41) is 12.2. The summed E-state index contributed by atoms with van der Waals surface area (Å²) in [5.41, 5.74) is 8.09. The van der Waals surface area contributed by atoms with Gasteiger partial charge in [0.1, 0.15) is 11.0 Å². The molecule has 1 N–H and O–H groups in total. The van der Waals surface area contributed by atoms with Crippen LogP contribution in [0.2, 0.25) is 0 Å². The van der Waals surface area contributed by atoms with Crippen molar-refractivity contribution < 1.29 is 4.79 Å². The third-order valence-electron chi connectivity index (χ3n) is 4.87. The first-order chi connectivity index (χ1) is 13.4. The summed E-state index contributed by atoms with van der Waals surface area (Å²) < 4.78 is 0. The van der Waals surface area contributed by atoms with E-state index in [1.807, 2.05) is 82.3 Å². The van der Waals surface area contributed by atoms with Crippen molar-refractivity contribution in [3.8, 4) is 5.69 Å². The molecule has 0 aliphatic carbocycles. The van der Waals surface area contributed by atoms with E-state index in [4.69, 9.17) is 0 Å². The summed E-state index contributed by atoms with van der Waals surface area (Å²) in [7, 11) is 0. The number of aryl methyl sites for hydroxylation is 4. The molecule has 0 saturated carbocycles. The number of hydrogen-bond acceptors (Lipinski definition) is 3. The first-order valence-electron chi connectivity index (χ1n) is 9.24. The monoisotopic (exact) mass is 370 g/mol. The molecule has 0 radical (unpaired) electrons. The van der Waals surface area contributed by atoms with Crippen molar-refractivity contribution in [3.63, 3.8) is 0 Å². The minimum absolute atomic E-state index is 0.120. The van der Waals surface area contributed by atoms with Gasteiger partial charge < -0.3 is 5.32 Å². The van der Waals surface area contributed by atoms with Crippen LogP contribution in [-0.4, -0.2) is 20.9 Å². The smallest absolute Gasteiger partial charge is 0.255 e. The zero-order valence-corrected chi connectivity index (χ0v) is 16.4. The standard InChI is InChI=1S/C23H22N4O/c1-14-5-8-18(9-6-14)27-25-21-12-17(4)20(13-22(21)26-27)24-23(28)19-10-7-15(2)11-16(19)3/h5-13H,1-4H3,(H,24,28). The van der Waals surface area contributed by atoms with Crippen molar-refractivity contribution in [3.05, 3.63) is 82.4 Å². The highest BCUT2D eigenvalue weighted by molar-refractivity contribution is 6.06. The maximum absolute atomic E-state index is 12.7. The summed E-state index contributed by atoms with van der Waals surface area (Å²) in [5.74, 6) is -0.120. The molecule has 0 saturated heterocycles. The Morgan fingerprint density at radius 1 is 0.786 bits per heavy atom. The molecule has 5 nitrogen and oxygen atoms in total. The van der Waals surface area contributed by atoms with Gasteiger partial charge in [-0.3, -0.25) is 4.79 Å². The second-order valence-electron chi connectivity index (χ2n) is 7.25. The average molecular weight is 370 g/mol. The average Bonchev–Trinajstić information content (AvgIpc) is 3.05. The van der Waals surface area contributed by atoms with Gasteiger partial charge in [-0.25, -0.2) is 0 Å². The molecule has 140 valence electrons. The van der Waals surface area contributed by atoms with Crippen LogP contribution in [0.3, 0.4) is 0 Å². The molecule has 5 heteroatoms. The number of anilines is 1. The van der Waals surface area contributed by atoms with E-state index in [-0.39, 0.29) is 5.91 Å². The van der Waals surface area contributed by atoms with Gasteiger partial charge in [-0.05, 0) is 69.2 Å². The third kappa shape index (κ3) is 3.39. The van der Waals surface area contributed by atoms with Crippen LogP contribution in [0.1, 0.15) is 32.6 Å². The van der Waals surface area contributed by atoms with Gasteiger partial charge in [-0.2, -0.15) is 4.80 Å². The molecule has 0 atom stereocenters. The number of fused-ring (bicyclic) bond motifs is 1. The lowest BCUT2D eigenvalue weighted by Gasteiger charge is -2.10. The summed E-state index contributed by atoms with van der Waals surface area (Å²) in [6, 6.07) is 17.7. The van der Waals surface area contributed by atoms with Gasteiger partial charge in [-0.15, -0.1) is 10.2 Å². The summed E-state index contributed by atoms with van der Waals surface area (Å²) in [6.45, 7) is 7.97. The number of nitrogens with one attached hydrogen (secondary N) is 1. The highest BCUT2D eigenvalue weighted by Gasteiger charge is 2.13. The van der Waals surface area contributed by atoms with Crippen LogP contribution in [-0.2, 0) is 0 Å². The fourth-order valence-electron chi connectivity index (χ4n) is 3.25. The maximum atomic E-state index is 12.7. The molecule has 0 aliphatic heterocycles. The van der Waals surface area contributed by atoms with E-state index < -0.39 is 0 Å². The lowest BCUT2D eigenvalue weighted by molar-refractivity contribution is 0.102. The summed E-state index contributed by atoms with van der Waals surface area (Å²) >= 11 is 0. The molecular formula is C23H22N4O. The van der Waals surface area contributed by atoms with Crippen LogP contribution in [0, 0.1) is 27.7 Å². The molecule has 1 amide bonds. The topological polar surface area (TPSA) is 59.8 Å². The van der Waals surface area contributed by atoms with E-state index >= 15 is 0 Å². The van der Waals surface area contributed by atoms with Crippen LogP contribution < -0.4 is 5.32 Å². The number of carbonyl (C=O) groups excluding carboxylic acids is 1.